The molecule has 0 bridgehead atoms. The van der Waals surface area contributed by atoms with Crippen molar-refractivity contribution in [3.05, 3.63) is 28.2 Å². The van der Waals surface area contributed by atoms with Crippen molar-refractivity contribution in [2.45, 2.75) is 57.9 Å². The molecule has 0 aliphatic heterocycles. The minimum absolute atomic E-state index is 0.401. The van der Waals surface area contributed by atoms with Gasteiger partial charge in [-0.3, -0.25) is 0 Å². The first-order valence-corrected chi connectivity index (χ1v) is 9.10. The Hall–Kier alpha value is -0.540. The fourth-order valence-electron chi connectivity index (χ4n) is 3.37. The second-order valence-corrected chi connectivity index (χ2v) is 7.04. The molecule has 1 aromatic carbocycles. The standard InChI is InChI=1S/C18H28BrNO/c1-3-12-20-17(10-8-14-6-4-5-7-14)16-13-15(19)9-11-18(16)21-2/h9,11,13-14,17,20H,3-8,10,12H2,1-2H3. The average Bonchev–Trinajstić information content (AvgIpc) is 3.01. The Morgan fingerprint density at radius 1 is 1.33 bits per heavy atom. The van der Waals surface area contributed by atoms with Crippen molar-refractivity contribution >= 4 is 15.9 Å². The van der Waals surface area contributed by atoms with Crippen LogP contribution in [0.1, 0.15) is 63.5 Å². The smallest absolute Gasteiger partial charge is 0.123 e. The molecule has 0 spiro atoms. The van der Waals surface area contributed by atoms with E-state index in [0.717, 1.165) is 29.1 Å². The van der Waals surface area contributed by atoms with Crippen LogP contribution in [0.25, 0.3) is 0 Å². The predicted molar refractivity (Wildman–Crippen MR) is 92.9 cm³/mol. The summed E-state index contributed by atoms with van der Waals surface area (Å²) in [5.41, 5.74) is 1.29. The van der Waals surface area contributed by atoms with Crippen molar-refractivity contribution in [2.75, 3.05) is 13.7 Å². The van der Waals surface area contributed by atoms with Gasteiger partial charge in [0.05, 0.1) is 7.11 Å². The summed E-state index contributed by atoms with van der Waals surface area (Å²) < 4.78 is 6.70. The van der Waals surface area contributed by atoms with Crippen LogP contribution in [-0.2, 0) is 0 Å². The molecule has 2 nitrogen and oxygen atoms in total. The first-order valence-electron chi connectivity index (χ1n) is 8.31. The molecule has 1 N–H and O–H groups in total. The molecule has 1 aromatic rings. The van der Waals surface area contributed by atoms with Gasteiger partial charge in [-0.05, 0) is 49.9 Å². The number of hydrogen-bond acceptors (Lipinski definition) is 2. The summed E-state index contributed by atoms with van der Waals surface area (Å²) in [7, 11) is 1.76. The second kappa shape index (κ2) is 8.79. The van der Waals surface area contributed by atoms with E-state index in [1.807, 2.05) is 0 Å². The van der Waals surface area contributed by atoms with Crippen LogP contribution in [0.4, 0.5) is 0 Å². The molecule has 0 aromatic heterocycles. The number of ether oxygens (including phenoxy) is 1. The van der Waals surface area contributed by atoms with E-state index in [4.69, 9.17) is 4.74 Å². The topological polar surface area (TPSA) is 21.3 Å². The van der Waals surface area contributed by atoms with Crippen molar-refractivity contribution < 1.29 is 4.74 Å². The number of methoxy groups -OCH3 is 1. The van der Waals surface area contributed by atoms with Gasteiger partial charge in [-0.25, -0.2) is 0 Å². The Bertz CT molecular complexity index is 429. The number of halogens is 1. The summed E-state index contributed by atoms with van der Waals surface area (Å²) in [4.78, 5) is 0. The first kappa shape index (κ1) is 16.8. The van der Waals surface area contributed by atoms with E-state index >= 15 is 0 Å². The highest BCUT2D eigenvalue weighted by atomic mass is 79.9. The molecule has 0 heterocycles. The van der Waals surface area contributed by atoms with E-state index in [1.165, 1.54) is 44.1 Å². The van der Waals surface area contributed by atoms with Crippen molar-refractivity contribution in [3.8, 4) is 5.75 Å². The Morgan fingerprint density at radius 3 is 2.76 bits per heavy atom. The van der Waals surface area contributed by atoms with Crippen LogP contribution < -0.4 is 10.1 Å². The van der Waals surface area contributed by atoms with E-state index in [0.29, 0.717) is 6.04 Å². The molecule has 3 heteroatoms. The van der Waals surface area contributed by atoms with Crippen LogP contribution in [0.15, 0.2) is 22.7 Å². The highest BCUT2D eigenvalue weighted by Crippen LogP contribution is 2.35. The third kappa shape index (κ3) is 5.00. The number of nitrogens with one attached hydrogen (secondary N) is 1. The van der Waals surface area contributed by atoms with E-state index in [1.54, 1.807) is 7.11 Å². The number of benzene rings is 1. The maximum Gasteiger partial charge on any atom is 0.123 e. The van der Waals surface area contributed by atoms with Crippen LogP contribution in [-0.4, -0.2) is 13.7 Å². The molecule has 1 unspecified atom stereocenters. The Morgan fingerprint density at radius 2 is 2.10 bits per heavy atom. The first-order chi connectivity index (χ1) is 10.2. The Balaban J connectivity index is 2.08. The monoisotopic (exact) mass is 353 g/mol. The van der Waals surface area contributed by atoms with E-state index in [-0.39, 0.29) is 0 Å². The van der Waals surface area contributed by atoms with Gasteiger partial charge in [0, 0.05) is 16.1 Å². The van der Waals surface area contributed by atoms with Gasteiger partial charge < -0.3 is 10.1 Å². The Kier molecular flexibility index (Phi) is 7.05. The molecule has 0 radical (unpaired) electrons. The Labute approximate surface area is 137 Å². The fraction of sp³-hybridized carbons (Fsp3) is 0.667. The molecule has 0 amide bonds. The number of rotatable bonds is 8. The zero-order valence-corrected chi connectivity index (χ0v) is 14.9. The maximum absolute atomic E-state index is 5.57. The van der Waals surface area contributed by atoms with Crippen molar-refractivity contribution in [2.24, 2.45) is 5.92 Å². The van der Waals surface area contributed by atoms with Crippen molar-refractivity contribution in [1.82, 2.24) is 5.32 Å². The van der Waals surface area contributed by atoms with Gasteiger partial charge >= 0.3 is 0 Å². The normalized spacial score (nSPS) is 17.1. The SMILES string of the molecule is CCCNC(CCC1CCCC1)c1cc(Br)ccc1OC. The molecule has 2 rings (SSSR count). The molecule has 1 aliphatic carbocycles. The molecule has 1 fully saturated rings. The summed E-state index contributed by atoms with van der Waals surface area (Å²) in [6.07, 6.45) is 9.41. The molecule has 1 atom stereocenters. The summed E-state index contributed by atoms with van der Waals surface area (Å²) in [6, 6.07) is 6.73. The summed E-state index contributed by atoms with van der Waals surface area (Å²) in [5, 5.41) is 3.71. The number of hydrogen-bond donors (Lipinski definition) is 1. The van der Waals surface area contributed by atoms with Crippen LogP contribution in [0.3, 0.4) is 0 Å². The lowest BCUT2D eigenvalue weighted by Crippen LogP contribution is -2.23. The van der Waals surface area contributed by atoms with Gasteiger partial charge in [0.2, 0.25) is 0 Å². The largest absolute Gasteiger partial charge is 0.496 e. The van der Waals surface area contributed by atoms with Crippen LogP contribution in [0.2, 0.25) is 0 Å². The van der Waals surface area contributed by atoms with Gasteiger partial charge in [0.25, 0.3) is 0 Å². The predicted octanol–water partition coefficient (Wildman–Crippen LogP) is 5.47. The maximum atomic E-state index is 5.57. The molecular weight excluding hydrogens is 326 g/mol. The fourth-order valence-corrected chi connectivity index (χ4v) is 3.74. The molecule has 21 heavy (non-hydrogen) atoms. The summed E-state index contributed by atoms with van der Waals surface area (Å²) >= 11 is 3.60. The summed E-state index contributed by atoms with van der Waals surface area (Å²) in [5.74, 6) is 1.94. The highest BCUT2D eigenvalue weighted by Gasteiger charge is 2.20. The van der Waals surface area contributed by atoms with E-state index < -0.39 is 0 Å². The minimum atomic E-state index is 0.401. The lowest BCUT2D eigenvalue weighted by molar-refractivity contribution is 0.378. The lowest BCUT2D eigenvalue weighted by atomic mass is 9.94. The molecule has 1 saturated carbocycles. The van der Waals surface area contributed by atoms with Crippen LogP contribution >= 0.6 is 15.9 Å². The zero-order chi connectivity index (χ0) is 15.1. The second-order valence-electron chi connectivity index (χ2n) is 6.12. The lowest BCUT2D eigenvalue weighted by Gasteiger charge is -2.23. The molecule has 0 saturated heterocycles. The van der Waals surface area contributed by atoms with Crippen molar-refractivity contribution in [1.29, 1.82) is 0 Å². The van der Waals surface area contributed by atoms with Gasteiger partial charge in [0.15, 0.2) is 0 Å². The average molecular weight is 354 g/mol. The third-order valence-electron chi connectivity index (χ3n) is 4.55. The molecular formula is C18H28BrNO. The van der Waals surface area contributed by atoms with Crippen molar-refractivity contribution in [3.63, 3.8) is 0 Å². The molecule has 1 aliphatic rings. The molecule has 118 valence electrons. The van der Waals surface area contributed by atoms with Gasteiger partial charge in [-0.2, -0.15) is 0 Å². The quantitative estimate of drug-likeness (QED) is 0.668. The third-order valence-corrected chi connectivity index (χ3v) is 5.04. The van der Waals surface area contributed by atoms with Crippen LogP contribution in [0, 0.1) is 5.92 Å². The van der Waals surface area contributed by atoms with Gasteiger partial charge in [0.1, 0.15) is 5.75 Å². The summed E-state index contributed by atoms with van der Waals surface area (Å²) in [6.45, 7) is 3.28. The minimum Gasteiger partial charge on any atom is -0.496 e. The van der Waals surface area contributed by atoms with Crippen LogP contribution in [0.5, 0.6) is 5.75 Å². The van der Waals surface area contributed by atoms with E-state index in [9.17, 15) is 0 Å². The van der Waals surface area contributed by atoms with E-state index in [2.05, 4.69) is 46.4 Å². The van der Waals surface area contributed by atoms with Gasteiger partial charge in [-0.15, -0.1) is 0 Å². The highest BCUT2D eigenvalue weighted by molar-refractivity contribution is 9.10. The van der Waals surface area contributed by atoms with Gasteiger partial charge in [-0.1, -0.05) is 48.5 Å². The zero-order valence-electron chi connectivity index (χ0n) is 13.3.